The highest BCUT2D eigenvalue weighted by atomic mass is 19.1. The van der Waals surface area contributed by atoms with Crippen molar-refractivity contribution in [1.29, 1.82) is 0 Å². The van der Waals surface area contributed by atoms with Crippen molar-refractivity contribution in [3.8, 4) is 22.6 Å². The van der Waals surface area contributed by atoms with E-state index in [1.807, 2.05) is 54.9 Å². The number of allylic oxidation sites excluding steroid dienone is 2. The molecule has 11 heteroatoms. The number of hydrogen-bond donors (Lipinski definition) is 2. The molecule has 0 bridgehead atoms. The molecule has 0 saturated carbocycles. The lowest BCUT2D eigenvalue weighted by molar-refractivity contribution is 0.402. The van der Waals surface area contributed by atoms with Gasteiger partial charge in [-0.1, -0.05) is 0 Å². The van der Waals surface area contributed by atoms with Crippen molar-refractivity contribution in [2.75, 3.05) is 19.4 Å². The topological polar surface area (TPSA) is 105 Å². The Morgan fingerprint density at radius 3 is 2.78 bits per heavy atom. The summed E-state index contributed by atoms with van der Waals surface area (Å²) < 4.78 is 19.7. The predicted molar refractivity (Wildman–Crippen MR) is 140 cm³/mol. The van der Waals surface area contributed by atoms with Crippen LogP contribution in [0.1, 0.15) is 17.0 Å². The number of aromatic amines is 1. The molecule has 0 radical (unpaired) electrons. The van der Waals surface area contributed by atoms with Crippen LogP contribution in [0.4, 0.5) is 10.2 Å². The molecular weight excluding hydrogens is 471 g/mol. The zero-order chi connectivity index (χ0) is 25.7. The van der Waals surface area contributed by atoms with Crippen LogP contribution in [0.25, 0.3) is 39.4 Å². The molecule has 0 amide bonds. The van der Waals surface area contributed by atoms with Crippen LogP contribution >= 0.6 is 0 Å². The Kier molecular flexibility index (Phi) is 5.41. The van der Waals surface area contributed by atoms with Crippen molar-refractivity contribution in [2.24, 2.45) is 7.05 Å². The Balaban J connectivity index is 1.49. The summed E-state index contributed by atoms with van der Waals surface area (Å²) in [4.78, 5) is 23.3. The van der Waals surface area contributed by atoms with E-state index in [9.17, 15) is 0 Å². The molecule has 0 atom stereocenters. The number of imidazole rings is 2. The van der Waals surface area contributed by atoms with Crippen LogP contribution in [0.15, 0.2) is 55.5 Å². The summed E-state index contributed by atoms with van der Waals surface area (Å²) in [5.41, 5.74) is 5.28. The summed E-state index contributed by atoms with van der Waals surface area (Å²) in [6.45, 7) is 2.63. The van der Waals surface area contributed by atoms with Gasteiger partial charge in [0.2, 0.25) is 0 Å². The summed E-state index contributed by atoms with van der Waals surface area (Å²) in [7, 11) is 5.70. The van der Waals surface area contributed by atoms with E-state index >= 15 is 4.39 Å². The first-order chi connectivity index (χ1) is 17.9. The molecule has 6 rings (SSSR count). The highest BCUT2D eigenvalue weighted by molar-refractivity contribution is 5.94. The smallest absolute Gasteiger partial charge is 0.161 e. The number of aryl methyl sites for hydroxylation is 2. The van der Waals surface area contributed by atoms with Gasteiger partial charge in [-0.3, -0.25) is 4.98 Å². The Morgan fingerprint density at radius 2 is 2.00 bits per heavy atom. The van der Waals surface area contributed by atoms with Gasteiger partial charge in [0.25, 0.3) is 0 Å². The zero-order valence-corrected chi connectivity index (χ0v) is 20.9. The third-order valence-corrected chi connectivity index (χ3v) is 6.14. The van der Waals surface area contributed by atoms with Crippen LogP contribution in [-0.2, 0) is 13.6 Å². The Hall–Kier alpha value is -4.64. The van der Waals surface area contributed by atoms with Crippen LogP contribution in [-0.4, -0.2) is 58.3 Å². The number of halogens is 1. The van der Waals surface area contributed by atoms with Crippen molar-refractivity contribution in [1.82, 2.24) is 44.2 Å². The number of aromatic nitrogens is 8. The number of nitrogens with zero attached hydrogens (tertiary/aromatic N) is 8. The molecule has 2 N–H and O–H groups in total. The normalized spacial score (nSPS) is 13.1. The lowest BCUT2D eigenvalue weighted by atomic mass is 10.1. The maximum absolute atomic E-state index is 16.2. The molecule has 6 heterocycles. The lowest BCUT2D eigenvalue weighted by Crippen LogP contribution is -2.10. The van der Waals surface area contributed by atoms with Gasteiger partial charge in [0, 0.05) is 55.7 Å². The van der Waals surface area contributed by atoms with Gasteiger partial charge in [-0.05, 0) is 44.8 Å². The number of H-pyrrole nitrogens is 1. The summed E-state index contributed by atoms with van der Waals surface area (Å²) >= 11 is 0. The van der Waals surface area contributed by atoms with Crippen molar-refractivity contribution < 1.29 is 4.39 Å². The first kappa shape index (κ1) is 22.8. The van der Waals surface area contributed by atoms with Gasteiger partial charge in [0.1, 0.15) is 17.2 Å². The average molecular weight is 497 g/mol. The van der Waals surface area contributed by atoms with Gasteiger partial charge >= 0.3 is 0 Å². The maximum Gasteiger partial charge on any atom is 0.161 e. The molecule has 5 aromatic rings. The quantitative estimate of drug-likeness (QED) is 0.380. The van der Waals surface area contributed by atoms with E-state index in [0.717, 1.165) is 22.6 Å². The Morgan fingerprint density at radius 1 is 1.14 bits per heavy atom. The van der Waals surface area contributed by atoms with E-state index in [2.05, 4.69) is 30.4 Å². The minimum absolute atomic E-state index is 0.293. The third-order valence-electron chi connectivity index (χ3n) is 6.14. The second kappa shape index (κ2) is 8.79. The summed E-state index contributed by atoms with van der Waals surface area (Å²) in [5, 5.41) is 8.07. The van der Waals surface area contributed by atoms with Crippen LogP contribution in [0.3, 0.4) is 0 Å². The first-order valence-corrected chi connectivity index (χ1v) is 11.7. The molecule has 37 heavy (non-hydrogen) atoms. The molecule has 1 aliphatic heterocycles. The third kappa shape index (κ3) is 3.99. The van der Waals surface area contributed by atoms with Crippen molar-refractivity contribution in [3.63, 3.8) is 0 Å². The highest BCUT2D eigenvalue weighted by Crippen LogP contribution is 2.35. The molecule has 0 spiro atoms. The maximum atomic E-state index is 16.2. The van der Waals surface area contributed by atoms with Crippen LogP contribution in [0.5, 0.6) is 0 Å². The van der Waals surface area contributed by atoms with Gasteiger partial charge < -0.3 is 19.8 Å². The fraction of sp³-hybridized carbons (Fsp3) is 0.192. The molecule has 10 nitrogen and oxygen atoms in total. The average Bonchev–Trinajstić information content (AvgIpc) is 3.54. The predicted octanol–water partition coefficient (Wildman–Crippen LogP) is 3.95. The number of anilines is 1. The molecule has 186 valence electrons. The van der Waals surface area contributed by atoms with Crippen molar-refractivity contribution in [3.05, 3.63) is 78.3 Å². The summed E-state index contributed by atoms with van der Waals surface area (Å²) in [5.74, 6) is 0.612. The van der Waals surface area contributed by atoms with E-state index in [4.69, 9.17) is 4.98 Å². The van der Waals surface area contributed by atoms with E-state index in [-0.39, 0.29) is 0 Å². The second-order valence-corrected chi connectivity index (χ2v) is 9.26. The number of fused-ring (bicyclic) bond motifs is 2. The molecular formula is C26H25FN10. The monoisotopic (exact) mass is 496 g/mol. The van der Waals surface area contributed by atoms with E-state index in [0.29, 0.717) is 46.0 Å². The van der Waals surface area contributed by atoms with Crippen LogP contribution < -0.4 is 5.32 Å². The molecule has 0 aromatic carbocycles. The lowest BCUT2D eigenvalue weighted by Gasteiger charge is -2.11. The number of nitrogens with one attached hydrogen (secondary N) is 2. The molecule has 0 fully saturated rings. The fourth-order valence-corrected chi connectivity index (χ4v) is 4.53. The first-order valence-electron chi connectivity index (χ1n) is 11.7. The molecule has 1 aliphatic rings. The van der Waals surface area contributed by atoms with E-state index < -0.39 is 5.82 Å². The minimum atomic E-state index is -0.419. The van der Waals surface area contributed by atoms with Gasteiger partial charge in [0.15, 0.2) is 17.3 Å². The van der Waals surface area contributed by atoms with Gasteiger partial charge in [-0.25, -0.2) is 24.0 Å². The number of rotatable bonds is 5. The highest BCUT2D eigenvalue weighted by Gasteiger charge is 2.25. The summed E-state index contributed by atoms with van der Waals surface area (Å²) in [6.07, 6.45) is 14.3. The second-order valence-electron chi connectivity index (χ2n) is 9.26. The standard InChI is InChI=1S/C26H25FN10/c1-15-12-37(14-31-15)19-6-5-7-29-24-22(19)32-25(33-24)23-20-21(27)18(11-30-26(20)36(4)34-23)17-8-16(9-28-10-17)13-35(2)3/h5-12,14,29H,13H2,1-4H3,(H,32,33). The molecule has 0 unspecified atom stereocenters. The fourth-order valence-electron chi connectivity index (χ4n) is 4.53. The minimum Gasteiger partial charge on any atom is -0.345 e. The Bertz CT molecular complexity index is 1700. The van der Waals surface area contributed by atoms with E-state index in [1.165, 1.54) is 6.20 Å². The van der Waals surface area contributed by atoms with Crippen LogP contribution in [0, 0.1) is 12.7 Å². The van der Waals surface area contributed by atoms with Crippen LogP contribution in [0.2, 0.25) is 0 Å². The molecule has 0 aliphatic carbocycles. The number of hydrogen-bond acceptors (Lipinski definition) is 7. The van der Waals surface area contributed by atoms with Gasteiger partial charge in [0.05, 0.1) is 23.1 Å². The largest absolute Gasteiger partial charge is 0.345 e. The SMILES string of the molecule is Cc1cn(C2=CC=CNc3nc(-c4nn(C)c5ncc(-c6cncc(CN(C)C)c6)c(F)c45)[nH]c32)cn1. The van der Waals surface area contributed by atoms with Crippen molar-refractivity contribution >= 4 is 22.5 Å². The number of pyridine rings is 2. The molecule has 5 aromatic heterocycles. The van der Waals surface area contributed by atoms with Crippen molar-refractivity contribution in [2.45, 2.75) is 13.5 Å². The van der Waals surface area contributed by atoms with Gasteiger partial charge in [-0.2, -0.15) is 5.10 Å². The van der Waals surface area contributed by atoms with E-state index in [1.54, 1.807) is 36.7 Å². The summed E-state index contributed by atoms with van der Waals surface area (Å²) in [6, 6.07) is 1.94. The Labute approximate surface area is 212 Å². The zero-order valence-electron chi connectivity index (χ0n) is 20.9. The van der Waals surface area contributed by atoms with Gasteiger partial charge in [-0.15, -0.1) is 0 Å². The molecule has 0 saturated heterocycles.